The summed E-state index contributed by atoms with van der Waals surface area (Å²) in [5.74, 6) is 1.12. The summed E-state index contributed by atoms with van der Waals surface area (Å²) in [5, 5.41) is 11.3. The highest BCUT2D eigenvalue weighted by molar-refractivity contribution is 6.30. The van der Waals surface area contributed by atoms with Gasteiger partial charge in [-0.2, -0.15) is 0 Å². The molecule has 0 spiro atoms. The Morgan fingerprint density at radius 3 is 2.72 bits per heavy atom. The third-order valence-corrected chi connectivity index (χ3v) is 4.33. The van der Waals surface area contributed by atoms with Crippen LogP contribution < -0.4 is 15.0 Å². The first-order chi connectivity index (χ1) is 12.1. The predicted octanol–water partition coefficient (Wildman–Crippen LogP) is 2.55. The monoisotopic (exact) mass is 358 g/mol. The summed E-state index contributed by atoms with van der Waals surface area (Å²) in [6.45, 7) is 0.998. The highest BCUT2D eigenvalue weighted by Crippen LogP contribution is 2.32. The average Bonchev–Trinajstić information content (AvgIpc) is 2.63. The van der Waals surface area contributed by atoms with E-state index < -0.39 is 6.10 Å². The number of nitrogens with zero attached hydrogens (tertiary/aromatic N) is 2. The van der Waals surface area contributed by atoms with Crippen molar-refractivity contribution in [3.05, 3.63) is 63.7 Å². The highest BCUT2D eigenvalue weighted by atomic mass is 35.5. The molecule has 3 aromatic rings. The van der Waals surface area contributed by atoms with Gasteiger partial charge in [0.15, 0.2) is 11.5 Å². The summed E-state index contributed by atoms with van der Waals surface area (Å²) in [7, 11) is 0. The average molecular weight is 359 g/mol. The Morgan fingerprint density at radius 1 is 1.20 bits per heavy atom. The molecule has 1 N–H and O–H groups in total. The molecule has 1 aromatic heterocycles. The Bertz CT molecular complexity index is 1000. The molecule has 1 atom stereocenters. The summed E-state index contributed by atoms with van der Waals surface area (Å²) in [5.41, 5.74) is 0.924. The third kappa shape index (κ3) is 3.06. The van der Waals surface area contributed by atoms with Crippen LogP contribution in [0.2, 0.25) is 5.02 Å². The van der Waals surface area contributed by atoms with Crippen LogP contribution in [0.1, 0.15) is 11.7 Å². The number of rotatable bonds is 3. The van der Waals surface area contributed by atoms with Crippen molar-refractivity contribution in [3.8, 4) is 11.5 Å². The van der Waals surface area contributed by atoms with Crippen molar-refractivity contribution in [2.24, 2.45) is 0 Å². The molecule has 1 aliphatic rings. The van der Waals surface area contributed by atoms with Gasteiger partial charge in [0.2, 0.25) is 0 Å². The van der Waals surface area contributed by atoms with Gasteiger partial charge >= 0.3 is 0 Å². The Morgan fingerprint density at radius 2 is 1.96 bits per heavy atom. The zero-order valence-electron chi connectivity index (χ0n) is 13.2. The molecule has 0 amide bonds. The van der Waals surface area contributed by atoms with Gasteiger partial charge in [0.25, 0.3) is 5.56 Å². The Balaban J connectivity index is 1.70. The predicted molar refractivity (Wildman–Crippen MR) is 93.4 cm³/mol. The summed E-state index contributed by atoms with van der Waals surface area (Å²) in [6, 6.07) is 10.3. The second kappa shape index (κ2) is 6.38. The molecule has 0 aliphatic carbocycles. The zero-order valence-corrected chi connectivity index (χ0v) is 13.9. The standard InChI is InChI=1S/C18H15ClN2O4/c19-12-3-1-2-11(6-12)15(22)9-21-10-20-14-8-17-16(24-4-5-25-17)7-13(14)18(21)23/h1-3,6-8,10,15,22H,4-5,9H2. The van der Waals surface area contributed by atoms with Crippen LogP contribution in [0.4, 0.5) is 0 Å². The van der Waals surface area contributed by atoms with Crippen LogP contribution in [0.25, 0.3) is 10.9 Å². The van der Waals surface area contributed by atoms with E-state index in [9.17, 15) is 9.90 Å². The number of ether oxygens (including phenoxy) is 2. The van der Waals surface area contributed by atoms with E-state index in [0.717, 1.165) is 0 Å². The van der Waals surface area contributed by atoms with Gasteiger partial charge in [-0.3, -0.25) is 9.36 Å². The fraction of sp³-hybridized carbons (Fsp3) is 0.222. The molecule has 0 saturated heterocycles. The van der Waals surface area contributed by atoms with Crippen molar-refractivity contribution >= 4 is 22.5 Å². The lowest BCUT2D eigenvalue weighted by Crippen LogP contribution is -2.24. The fourth-order valence-corrected chi connectivity index (χ4v) is 3.03. The number of aliphatic hydroxyl groups is 1. The molecule has 128 valence electrons. The quantitative estimate of drug-likeness (QED) is 0.779. The van der Waals surface area contributed by atoms with Crippen LogP contribution >= 0.6 is 11.6 Å². The van der Waals surface area contributed by atoms with E-state index in [-0.39, 0.29) is 12.1 Å². The van der Waals surface area contributed by atoms with Crippen LogP contribution in [-0.2, 0) is 6.54 Å². The first kappa shape index (κ1) is 15.9. The van der Waals surface area contributed by atoms with Gasteiger partial charge < -0.3 is 14.6 Å². The first-order valence-corrected chi connectivity index (χ1v) is 8.22. The van der Waals surface area contributed by atoms with Gasteiger partial charge in [-0.25, -0.2) is 4.98 Å². The molecule has 0 bridgehead atoms. The molecule has 0 radical (unpaired) electrons. The van der Waals surface area contributed by atoms with Gasteiger partial charge in [-0.15, -0.1) is 0 Å². The van der Waals surface area contributed by atoms with Gasteiger partial charge in [-0.1, -0.05) is 23.7 Å². The lowest BCUT2D eigenvalue weighted by atomic mass is 10.1. The summed E-state index contributed by atoms with van der Waals surface area (Å²) >= 11 is 5.95. The molecule has 7 heteroatoms. The van der Waals surface area contributed by atoms with E-state index >= 15 is 0 Å². The van der Waals surface area contributed by atoms with Gasteiger partial charge in [0.05, 0.1) is 29.9 Å². The van der Waals surface area contributed by atoms with Crippen LogP contribution in [0.15, 0.2) is 47.5 Å². The minimum atomic E-state index is -0.868. The number of halogens is 1. The highest BCUT2D eigenvalue weighted by Gasteiger charge is 2.17. The Hall–Kier alpha value is -2.57. The molecule has 4 rings (SSSR count). The van der Waals surface area contributed by atoms with Crippen molar-refractivity contribution in [1.82, 2.24) is 9.55 Å². The van der Waals surface area contributed by atoms with E-state index in [4.69, 9.17) is 21.1 Å². The molecular weight excluding hydrogens is 344 g/mol. The minimum absolute atomic E-state index is 0.0799. The maximum absolute atomic E-state index is 12.7. The second-order valence-corrected chi connectivity index (χ2v) is 6.22. The smallest absolute Gasteiger partial charge is 0.261 e. The first-order valence-electron chi connectivity index (χ1n) is 7.84. The van der Waals surface area contributed by atoms with Crippen molar-refractivity contribution in [3.63, 3.8) is 0 Å². The van der Waals surface area contributed by atoms with E-state index in [0.29, 0.717) is 46.2 Å². The number of benzene rings is 2. The molecule has 1 unspecified atom stereocenters. The van der Waals surface area contributed by atoms with E-state index in [1.807, 2.05) is 0 Å². The minimum Gasteiger partial charge on any atom is -0.486 e. The molecule has 2 heterocycles. The third-order valence-electron chi connectivity index (χ3n) is 4.09. The van der Waals surface area contributed by atoms with Crippen LogP contribution in [0.5, 0.6) is 11.5 Å². The van der Waals surface area contributed by atoms with E-state index in [1.54, 1.807) is 36.4 Å². The Kier molecular flexibility index (Phi) is 4.07. The van der Waals surface area contributed by atoms with Gasteiger partial charge in [0.1, 0.15) is 13.2 Å². The number of aliphatic hydroxyl groups excluding tert-OH is 1. The van der Waals surface area contributed by atoms with Crippen LogP contribution in [-0.4, -0.2) is 27.9 Å². The number of fused-ring (bicyclic) bond motifs is 2. The molecule has 0 fully saturated rings. The molecule has 1 aliphatic heterocycles. The molecule has 2 aromatic carbocycles. The van der Waals surface area contributed by atoms with Crippen molar-refractivity contribution in [2.75, 3.05) is 13.2 Å². The van der Waals surface area contributed by atoms with Crippen LogP contribution in [0.3, 0.4) is 0 Å². The van der Waals surface area contributed by atoms with Crippen molar-refractivity contribution in [2.45, 2.75) is 12.6 Å². The zero-order chi connectivity index (χ0) is 17.4. The lowest BCUT2D eigenvalue weighted by molar-refractivity contribution is 0.155. The maximum atomic E-state index is 12.7. The number of hydrogen-bond donors (Lipinski definition) is 1. The van der Waals surface area contributed by atoms with E-state index in [1.165, 1.54) is 10.9 Å². The normalized spacial score (nSPS) is 14.5. The number of hydrogen-bond acceptors (Lipinski definition) is 5. The molecule has 6 nitrogen and oxygen atoms in total. The molecular formula is C18H15ClN2O4. The van der Waals surface area contributed by atoms with Gasteiger partial charge in [-0.05, 0) is 23.8 Å². The lowest BCUT2D eigenvalue weighted by Gasteiger charge is -2.19. The maximum Gasteiger partial charge on any atom is 0.261 e. The van der Waals surface area contributed by atoms with E-state index in [2.05, 4.69) is 4.98 Å². The van der Waals surface area contributed by atoms with Crippen molar-refractivity contribution in [1.29, 1.82) is 0 Å². The summed E-state index contributed by atoms with van der Waals surface area (Å²) in [6.07, 6.45) is 0.557. The van der Waals surface area contributed by atoms with Gasteiger partial charge in [0, 0.05) is 11.1 Å². The number of aromatic nitrogens is 2. The largest absolute Gasteiger partial charge is 0.486 e. The second-order valence-electron chi connectivity index (χ2n) is 5.79. The van der Waals surface area contributed by atoms with Crippen LogP contribution in [0, 0.1) is 0 Å². The molecule has 0 saturated carbocycles. The molecule has 25 heavy (non-hydrogen) atoms. The summed E-state index contributed by atoms with van der Waals surface area (Å²) < 4.78 is 12.4. The SMILES string of the molecule is O=c1c2cc3c(cc2ncn1CC(O)c1cccc(Cl)c1)OCCO3. The topological polar surface area (TPSA) is 73.6 Å². The summed E-state index contributed by atoms with van der Waals surface area (Å²) in [4.78, 5) is 17.0. The Labute approximate surface area is 148 Å². The van der Waals surface area contributed by atoms with Crippen molar-refractivity contribution < 1.29 is 14.6 Å². The fourth-order valence-electron chi connectivity index (χ4n) is 2.83.